The van der Waals surface area contributed by atoms with Crippen LogP contribution in [-0.4, -0.2) is 56.9 Å². The van der Waals surface area contributed by atoms with Gasteiger partial charge in [0, 0.05) is 17.0 Å². The molecule has 1 aliphatic rings. The molecule has 0 bridgehead atoms. The highest BCUT2D eigenvalue weighted by Gasteiger charge is 2.33. The van der Waals surface area contributed by atoms with E-state index >= 15 is 0 Å². The third-order valence-electron chi connectivity index (χ3n) is 6.78. The number of hydrogen-bond acceptors (Lipinski definition) is 6. The first-order valence-electron chi connectivity index (χ1n) is 13.4. The van der Waals surface area contributed by atoms with Gasteiger partial charge in [-0.1, -0.05) is 12.8 Å². The lowest BCUT2D eigenvalue weighted by Crippen LogP contribution is -2.47. The first kappa shape index (κ1) is 33.2. The van der Waals surface area contributed by atoms with Crippen molar-refractivity contribution in [2.24, 2.45) is 5.92 Å². The summed E-state index contributed by atoms with van der Waals surface area (Å²) in [5.74, 6) is -2.10. The minimum Gasteiger partial charge on any atom is -0.352 e. The lowest BCUT2D eigenvalue weighted by molar-refractivity contribution is -0.137. The number of carbonyl (C=O) groups excluding carboxylic acids is 3. The van der Waals surface area contributed by atoms with Crippen LogP contribution < -0.4 is 21.3 Å². The number of hydrogen-bond donors (Lipinski definition) is 4. The maximum atomic E-state index is 13.3. The number of sulfone groups is 1. The average Bonchev–Trinajstić information content (AvgIpc) is 2.92. The van der Waals surface area contributed by atoms with E-state index in [1.165, 1.54) is 11.8 Å². The van der Waals surface area contributed by atoms with Gasteiger partial charge in [-0.15, -0.1) is 11.8 Å². The molecule has 2 aromatic rings. The fraction of sp³-hybridized carbons (Fsp3) is 0.464. The van der Waals surface area contributed by atoms with E-state index in [4.69, 9.17) is 0 Å². The Labute approximate surface area is 247 Å². The number of urea groups is 1. The Kier molecular flexibility index (Phi) is 11.3. The van der Waals surface area contributed by atoms with Gasteiger partial charge in [0.05, 0.1) is 34.0 Å². The second-order valence-corrected chi connectivity index (χ2v) is 13.3. The third kappa shape index (κ3) is 9.38. The van der Waals surface area contributed by atoms with Gasteiger partial charge < -0.3 is 21.3 Å². The van der Waals surface area contributed by atoms with Crippen molar-refractivity contribution in [2.75, 3.05) is 23.9 Å². The van der Waals surface area contributed by atoms with Crippen LogP contribution in [0.15, 0.2) is 52.3 Å². The van der Waals surface area contributed by atoms with Gasteiger partial charge in [0.1, 0.15) is 0 Å². The summed E-state index contributed by atoms with van der Waals surface area (Å²) >= 11 is 1.50. The first-order chi connectivity index (χ1) is 19.7. The van der Waals surface area contributed by atoms with E-state index in [9.17, 15) is 36.0 Å². The van der Waals surface area contributed by atoms with Crippen molar-refractivity contribution >= 4 is 45.1 Å². The SMILES string of the molecule is CSc1ccc(S(=O)(=O)C[C@@H]2CCCC[C@@H]2NC(=O)CNC(=O)c2cc(C(F)(F)F)ccc2NC(=O)NC(C)C)cc1. The molecule has 230 valence electrons. The summed E-state index contributed by atoms with van der Waals surface area (Å²) in [7, 11) is -3.62. The topological polar surface area (TPSA) is 133 Å². The van der Waals surface area contributed by atoms with Gasteiger partial charge in [0.15, 0.2) is 9.84 Å². The molecule has 0 aromatic heterocycles. The zero-order chi connectivity index (χ0) is 31.1. The lowest BCUT2D eigenvalue weighted by Gasteiger charge is -2.32. The van der Waals surface area contributed by atoms with Crippen molar-refractivity contribution in [2.45, 2.75) is 67.6 Å². The molecule has 0 aliphatic heterocycles. The van der Waals surface area contributed by atoms with Crippen LogP contribution in [0.5, 0.6) is 0 Å². The molecule has 9 nitrogen and oxygen atoms in total. The fourth-order valence-corrected chi connectivity index (χ4v) is 6.82. The normalized spacial score (nSPS) is 17.4. The van der Waals surface area contributed by atoms with Crippen LogP contribution in [0.25, 0.3) is 0 Å². The van der Waals surface area contributed by atoms with E-state index in [-0.39, 0.29) is 28.3 Å². The number of anilines is 1. The summed E-state index contributed by atoms with van der Waals surface area (Å²) in [6, 6.07) is 7.50. The second-order valence-electron chi connectivity index (χ2n) is 10.4. The van der Waals surface area contributed by atoms with Crippen LogP contribution in [0.2, 0.25) is 0 Å². The molecule has 0 heterocycles. The number of carbonyl (C=O) groups is 3. The number of nitrogens with one attached hydrogen (secondary N) is 4. The molecular weight excluding hydrogens is 593 g/mol. The Morgan fingerprint density at radius 3 is 2.31 bits per heavy atom. The highest BCUT2D eigenvalue weighted by molar-refractivity contribution is 7.98. The molecule has 0 saturated heterocycles. The van der Waals surface area contributed by atoms with Gasteiger partial charge in [-0.2, -0.15) is 13.2 Å². The van der Waals surface area contributed by atoms with Crippen LogP contribution >= 0.6 is 11.8 Å². The zero-order valence-corrected chi connectivity index (χ0v) is 25.1. The number of benzene rings is 2. The van der Waals surface area contributed by atoms with Gasteiger partial charge in [0.25, 0.3) is 5.91 Å². The van der Waals surface area contributed by atoms with E-state index in [2.05, 4.69) is 21.3 Å². The molecule has 4 N–H and O–H groups in total. The first-order valence-corrected chi connectivity index (χ1v) is 16.3. The standard InChI is InChI=1S/C28H35F3N4O5S2/c1-17(2)33-27(38)35-24-13-8-19(28(29,30)31)14-22(24)26(37)32-15-25(36)34-23-7-5-4-6-18(23)16-42(39,40)21-11-9-20(41-3)10-12-21/h8-14,17-18,23H,4-7,15-16H2,1-3H3,(H,32,37)(H,34,36)(H2,33,35,38)/t18-,23-/m0/s1. The summed E-state index contributed by atoms with van der Waals surface area (Å²) in [5.41, 5.74) is -1.73. The molecule has 2 aromatic carbocycles. The quantitative estimate of drug-likeness (QED) is 0.279. The van der Waals surface area contributed by atoms with Gasteiger partial charge in [-0.05, 0) is 81.3 Å². The molecule has 4 amide bonds. The molecular formula is C28H35F3N4O5S2. The summed E-state index contributed by atoms with van der Waals surface area (Å²) in [5, 5.41) is 9.99. The fourth-order valence-electron chi connectivity index (χ4n) is 4.71. The summed E-state index contributed by atoms with van der Waals surface area (Å²) in [6.45, 7) is 2.82. The van der Waals surface area contributed by atoms with Gasteiger partial charge in [-0.25, -0.2) is 13.2 Å². The number of alkyl halides is 3. The Hall–Kier alpha value is -3.26. The molecule has 0 unspecified atom stereocenters. The number of halogens is 3. The van der Waals surface area contributed by atoms with Crippen molar-refractivity contribution in [3.05, 3.63) is 53.6 Å². The minimum absolute atomic E-state index is 0.152. The molecule has 14 heteroatoms. The maximum Gasteiger partial charge on any atom is 0.416 e. The largest absolute Gasteiger partial charge is 0.416 e. The summed E-state index contributed by atoms with van der Waals surface area (Å²) in [4.78, 5) is 38.9. The van der Waals surface area contributed by atoms with E-state index in [1.54, 1.807) is 38.1 Å². The van der Waals surface area contributed by atoms with Crippen LogP contribution in [0.3, 0.4) is 0 Å². The molecule has 3 rings (SSSR count). The maximum absolute atomic E-state index is 13.3. The Morgan fingerprint density at radius 2 is 1.69 bits per heavy atom. The average molecular weight is 629 g/mol. The monoisotopic (exact) mass is 628 g/mol. The summed E-state index contributed by atoms with van der Waals surface area (Å²) in [6.07, 6.45) is -0.102. The van der Waals surface area contributed by atoms with E-state index < -0.39 is 57.6 Å². The molecule has 0 radical (unpaired) electrons. The highest BCUT2D eigenvalue weighted by atomic mass is 32.2. The van der Waals surface area contributed by atoms with Crippen LogP contribution in [-0.2, 0) is 20.8 Å². The smallest absolute Gasteiger partial charge is 0.352 e. The summed E-state index contributed by atoms with van der Waals surface area (Å²) < 4.78 is 66.1. The molecule has 1 fully saturated rings. The van der Waals surface area contributed by atoms with Crippen molar-refractivity contribution in [1.29, 1.82) is 0 Å². The van der Waals surface area contributed by atoms with E-state index in [0.717, 1.165) is 29.9 Å². The van der Waals surface area contributed by atoms with Crippen molar-refractivity contribution < 1.29 is 36.0 Å². The highest BCUT2D eigenvalue weighted by Crippen LogP contribution is 2.32. The number of thioether (sulfide) groups is 1. The predicted octanol–water partition coefficient (Wildman–Crippen LogP) is 4.84. The molecule has 2 atom stereocenters. The zero-order valence-electron chi connectivity index (χ0n) is 23.5. The van der Waals surface area contributed by atoms with Gasteiger partial charge >= 0.3 is 12.2 Å². The molecule has 42 heavy (non-hydrogen) atoms. The molecule has 1 aliphatic carbocycles. The van der Waals surface area contributed by atoms with E-state index in [1.807, 2.05) is 6.26 Å². The lowest BCUT2D eigenvalue weighted by atomic mass is 9.86. The number of rotatable bonds is 10. The second kappa shape index (κ2) is 14.3. The van der Waals surface area contributed by atoms with Crippen LogP contribution in [0.1, 0.15) is 55.5 Å². The van der Waals surface area contributed by atoms with Gasteiger partial charge in [-0.3, -0.25) is 9.59 Å². The van der Waals surface area contributed by atoms with E-state index in [0.29, 0.717) is 18.9 Å². The Morgan fingerprint density at radius 1 is 1.02 bits per heavy atom. The van der Waals surface area contributed by atoms with Crippen molar-refractivity contribution in [3.8, 4) is 0 Å². The van der Waals surface area contributed by atoms with Crippen molar-refractivity contribution in [1.82, 2.24) is 16.0 Å². The van der Waals surface area contributed by atoms with Gasteiger partial charge in [0.2, 0.25) is 5.91 Å². The number of amides is 4. The third-order valence-corrected chi connectivity index (χ3v) is 9.38. The Bertz CT molecular complexity index is 1380. The molecule has 0 spiro atoms. The van der Waals surface area contributed by atoms with Crippen LogP contribution in [0, 0.1) is 5.92 Å². The van der Waals surface area contributed by atoms with Crippen LogP contribution in [0.4, 0.5) is 23.7 Å². The molecule has 1 saturated carbocycles. The van der Waals surface area contributed by atoms with Crippen molar-refractivity contribution in [3.63, 3.8) is 0 Å². The Balaban J connectivity index is 1.67. The minimum atomic E-state index is -4.74. The predicted molar refractivity (Wildman–Crippen MR) is 155 cm³/mol.